The molecule has 0 saturated heterocycles. The molecular weight excluding hydrogens is 205 g/mol. The van der Waals surface area contributed by atoms with Gasteiger partial charge in [0, 0.05) is 0 Å². The zero-order valence-corrected chi connectivity index (χ0v) is 8.60. The fourth-order valence-electron chi connectivity index (χ4n) is 1.49. The van der Waals surface area contributed by atoms with E-state index in [1.807, 2.05) is 0 Å². The SMILES string of the molecule is CC(C)(O)c1ccccc1CC(F)(F)F. The summed E-state index contributed by atoms with van der Waals surface area (Å²) in [5, 5.41) is 9.70. The van der Waals surface area contributed by atoms with E-state index in [0.717, 1.165) is 0 Å². The average molecular weight is 218 g/mol. The Balaban J connectivity index is 3.08. The summed E-state index contributed by atoms with van der Waals surface area (Å²) in [7, 11) is 0. The van der Waals surface area contributed by atoms with E-state index < -0.39 is 18.2 Å². The zero-order valence-electron chi connectivity index (χ0n) is 8.60. The van der Waals surface area contributed by atoms with Crippen molar-refractivity contribution < 1.29 is 18.3 Å². The van der Waals surface area contributed by atoms with Crippen LogP contribution in [-0.4, -0.2) is 11.3 Å². The van der Waals surface area contributed by atoms with Gasteiger partial charge in [-0.3, -0.25) is 0 Å². The van der Waals surface area contributed by atoms with E-state index in [4.69, 9.17) is 0 Å². The first kappa shape index (κ1) is 12.0. The zero-order chi connectivity index (χ0) is 11.7. The van der Waals surface area contributed by atoms with Crippen molar-refractivity contribution in [1.82, 2.24) is 0 Å². The molecule has 84 valence electrons. The Kier molecular flexibility index (Phi) is 3.09. The fourth-order valence-corrected chi connectivity index (χ4v) is 1.49. The number of hydrogen-bond acceptors (Lipinski definition) is 1. The molecule has 0 aliphatic heterocycles. The standard InChI is InChI=1S/C11H13F3O/c1-10(2,15)9-6-4-3-5-8(9)7-11(12,13)14/h3-6,15H,7H2,1-2H3. The minimum atomic E-state index is -4.25. The highest BCUT2D eigenvalue weighted by Gasteiger charge is 2.31. The lowest BCUT2D eigenvalue weighted by molar-refractivity contribution is -0.127. The third kappa shape index (κ3) is 3.55. The van der Waals surface area contributed by atoms with Gasteiger partial charge in [-0.25, -0.2) is 0 Å². The van der Waals surface area contributed by atoms with Gasteiger partial charge in [-0.2, -0.15) is 13.2 Å². The maximum atomic E-state index is 12.2. The summed E-state index contributed by atoms with van der Waals surface area (Å²) in [6, 6.07) is 6.06. The van der Waals surface area contributed by atoms with Gasteiger partial charge >= 0.3 is 6.18 Å². The highest BCUT2D eigenvalue weighted by Crippen LogP contribution is 2.29. The summed E-state index contributed by atoms with van der Waals surface area (Å²) < 4.78 is 36.7. The van der Waals surface area contributed by atoms with Crippen LogP contribution in [0, 0.1) is 0 Å². The molecule has 0 bridgehead atoms. The van der Waals surface area contributed by atoms with Crippen LogP contribution >= 0.6 is 0 Å². The molecule has 0 heterocycles. The van der Waals surface area contributed by atoms with Gasteiger partial charge in [-0.15, -0.1) is 0 Å². The third-order valence-electron chi connectivity index (χ3n) is 2.07. The van der Waals surface area contributed by atoms with Crippen molar-refractivity contribution in [3.05, 3.63) is 35.4 Å². The Morgan fingerprint density at radius 2 is 1.67 bits per heavy atom. The molecule has 0 saturated carbocycles. The normalized spacial score (nSPS) is 12.9. The first-order chi connectivity index (χ1) is 6.70. The minimum absolute atomic E-state index is 0.123. The summed E-state index contributed by atoms with van der Waals surface area (Å²) in [4.78, 5) is 0. The van der Waals surface area contributed by atoms with E-state index in [2.05, 4.69) is 0 Å². The van der Waals surface area contributed by atoms with Crippen molar-refractivity contribution in [1.29, 1.82) is 0 Å². The molecule has 0 amide bonds. The molecule has 0 unspecified atom stereocenters. The highest BCUT2D eigenvalue weighted by molar-refractivity contribution is 5.32. The highest BCUT2D eigenvalue weighted by atomic mass is 19.4. The number of hydrogen-bond donors (Lipinski definition) is 1. The van der Waals surface area contributed by atoms with Crippen molar-refractivity contribution in [2.45, 2.75) is 32.0 Å². The van der Waals surface area contributed by atoms with Crippen molar-refractivity contribution in [2.24, 2.45) is 0 Å². The van der Waals surface area contributed by atoms with Gasteiger partial charge in [0.1, 0.15) is 0 Å². The molecule has 0 aliphatic carbocycles. The van der Waals surface area contributed by atoms with Crippen molar-refractivity contribution in [3.63, 3.8) is 0 Å². The van der Waals surface area contributed by atoms with E-state index in [1.165, 1.54) is 32.0 Å². The summed E-state index contributed by atoms with van der Waals surface area (Å²) in [5.41, 5.74) is -0.804. The Bertz CT molecular complexity index is 336. The van der Waals surface area contributed by atoms with Crippen LogP contribution in [0.5, 0.6) is 0 Å². The second kappa shape index (κ2) is 3.85. The number of rotatable bonds is 2. The predicted molar refractivity (Wildman–Crippen MR) is 51.4 cm³/mol. The van der Waals surface area contributed by atoms with Crippen LogP contribution in [0.15, 0.2) is 24.3 Å². The smallest absolute Gasteiger partial charge is 0.386 e. The quantitative estimate of drug-likeness (QED) is 0.809. The molecule has 0 radical (unpaired) electrons. The van der Waals surface area contributed by atoms with Crippen LogP contribution in [0.2, 0.25) is 0 Å². The maximum absolute atomic E-state index is 12.2. The van der Waals surface area contributed by atoms with E-state index in [0.29, 0.717) is 5.56 Å². The van der Waals surface area contributed by atoms with Gasteiger partial charge in [-0.05, 0) is 25.0 Å². The first-order valence-electron chi connectivity index (χ1n) is 4.58. The van der Waals surface area contributed by atoms with Crippen molar-refractivity contribution in [3.8, 4) is 0 Å². The molecule has 4 heteroatoms. The van der Waals surface area contributed by atoms with Gasteiger partial charge in [0.2, 0.25) is 0 Å². The number of benzene rings is 1. The van der Waals surface area contributed by atoms with Crippen LogP contribution < -0.4 is 0 Å². The third-order valence-corrected chi connectivity index (χ3v) is 2.07. The molecular formula is C11H13F3O. The Morgan fingerprint density at radius 3 is 2.13 bits per heavy atom. The predicted octanol–water partition coefficient (Wildman–Crippen LogP) is 3.02. The Labute approximate surface area is 86.5 Å². The van der Waals surface area contributed by atoms with Crippen LogP contribution in [0.25, 0.3) is 0 Å². The molecule has 0 aliphatic rings. The van der Waals surface area contributed by atoms with E-state index >= 15 is 0 Å². The first-order valence-corrected chi connectivity index (χ1v) is 4.58. The molecule has 0 aromatic heterocycles. The number of alkyl halides is 3. The fraction of sp³-hybridized carbons (Fsp3) is 0.455. The summed E-state index contributed by atoms with van der Waals surface area (Å²) >= 11 is 0. The van der Waals surface area contributed by atoms with Gasteiger partial charge in [0.15, 0.2) is 0 Å². The van der Waals surface area contributed by atoms with Gasteiger partial charge < -0.3 is 5.11 Å². The van der Waals surface area contributed by atoms with Crippen molar-refractivity contribution >= 4 is 0 Å². The Hall–Kier alpha value is -1.03. The Morgan fingerprint density at radius 1 is 1.13 bits per heavy atom. The van der Waals surface area contributed by atoms with Crippen LogP contribution in [-0.2, 0) is 12.0 Å². The number of halogens is 3. The molecule has 1 aromatic rings. The largest absolute Gasteiger partial charge is 0.393 e. The summed E-state index contributed by atoms with van der Waals surface area (Å²) in [6.45, 7) is 2.95. The molecule has 1 nitrogen and oxygen atoms in total. The van der Waals surface area contributed by atoms with E-state index in [-0.39, 0.29) is 5.56 Å². The second-order valence-corrected chi connectivity index (χ2v) is 4.01. The van der Waals surface area contributed by atoms with Gasteiger partial charge in [-0.1, -0.05) is 24.3 Å². The molecule has 0 atom stereocenters. The van der Waals surface area contributed by atoms with Crippen molar-refractivity contribution in [2.75, 3.05) is 0 Å². The van der Waals surface area contributed by atoms with Crippen LogP contribution in [0.4, 0.5) is 13.2 Å². The van der Waals surface area contributed by atoms with Crippen LogP contribution in [0.3, 0.4) is 0 Å². The lowest BCUT2D eigenvalue weighted by Crippen LogP contribution is -2.21. The molecule has 1 rings (SSSR count). The summed E-state index contributed by atoms with van der Waals surface area (Å²) in [6.07, 6.45) is -5.26. The van der Waals surface area contributed by atoms with E-state index in [9.17, 15) is 18.3 Å². The molecule has 0 spiro atoms. The van der Waals surface area contributed by atoms with E-state index in [1.54, 1.807) is 6.07 Å². The topological polar surface area (TPSA) is 20.2 Å². The number of aliphatic hydroxyl groups is 1. The average Bonchev–Trinajstić information content (AvgIpc) is 1.99. The lowest BCUT2D eigenvalue weighted by Gasteiger charge is -2.22. The second-order valence-electron chi connectivity index (χ2n) is 4.01. The minimum Gasteiger partial charge on any atom is -0.386 e. The summed E-state index contributed by atoms with van der Waals surface area (Å²) in [5.74, 6) is 0. The molecule has 1 aromatic carbocycles. The molecule has 1 N–H and O–H groups in total. The molecule has 0 fully saturated rings. The molecule has 15 heavy (non-hydrogen) atoms. The monoisotopic (exact) mass is 218 g/mol. The lowest BCUT2D eigenvalue weighted by atomic mass is 9.92. The maximum Gasteiger partial charge on any atom is 0.393 e. The van der Waals surface area contributed by atoms with Crippen LogP contribution in [0.1, 0.15) is 25.0 Å². The van der Waals surface area contributed by atoms with Gasteiger partial charge in [0.05, 0.1) is 12.0 Å². The van der Waals surface area contributed by atoms with Gasteiger partial charge in [0.25, 0.3) is 0 Å².